The fraction of sp³-hybridized carbons (Fsp3) is 0.318. The molecule has 1 aromatic heterocycles. The van der Waals surface area contributed by atoms with Crippen molar-refractivity contribution in [3.8, 4) is 5.69 Å². The minimum absolute atomic E-state index is 0.0102. The van der Waals surface area contributed by atoms with Crippen LogP contribution in [0, 0.1) is 13.8 Å². The van der Waals surface area contributed by atoms with Crippen molar-refractivity contribution in [1.29, 1.82) is 0 Å². The van der Waals surface area contributed by atoms with E-state index in [-0.39, 0.29) is 11.9 Å². The predicted octanol–water partition coefficient (Wildman–Crippen LogP) is 3.01. The van der Waals surface area contributed by atoms with Crippen molar-refractivity contribution in [2.24, 2.45) is 0 Å². The van der Waals surface area contributed by atoms with E-state index < -0.39 is 0 Å². The van der Waals surface area contributed by atoms with Crippen molar-refractivity contribution in [3.63, 3.8) is 0 Å². The molecular formula is C22H25N5O. The van der Waals surface area contributed by atoms with Crippen LogP contribution < -0.4 is 0 Å². The van der Waals surface area contributed by atoms with Gasteiger partial charge >= 0.3 is 0 Å². The first kappa shape index (κ1) is 18.4. The standard InChI is InChI=1S/C22H25N5O/c1-16-8-7-11-19(14-16)27-17(2)21(23-24-27)22(28)26-13-12-25(3)15-20(26)18-9-5-4-6-10-18/h4-11,14,20H,12-13,15H2,1-3H3. The summed E-state index contributed by atoms with van der Waals surface area (Å²) in [5.74, 6) is -0.0571. The highest BCUT2D eigenvalue weighted by atomic mass is 16.2. The molecular weight excluding hydrogens is 350 g/mol. The number of carbonyl (C=O) groups is 1. The van der Waals surface area contributed by atoms with Crippen molar-refractivity contribution in [3.05, 3.63) is 77.1 Å². The summed E-state index contributed by atoms with van der Waals surface area (Å²) in [7, 11) is 2.09. The highest BCUT2D eigenvalue weighted by Crippen LogP contribution is 2.27. The maximum absolute atomic E-state index is 13.4. The molecule has 1 amide bonds. The summed E-state index contributed by atoms with van der Waals surface area (Å²) in [6, 6.07) is 18.3. The number of hydrogen-bond acceptors (Lipinski definition) is 4. The van der Waals surface area contributed by atoms with Gasteiger partial charge in [0.25, 0.3) is 5.91 Å². The molecule has 0 aliphatic carbocycles. The molecule has 144 valence electrons. The monoisotopic (exact) mass is 375 g/mol. The number of benzene rings is 2. The van der Waals surface area contributed by atoms with Crippen LogP contribution in [0.5, 0.6) is 0 Å². The van der Waals surface area contributed by atoms with Crippen LogP contribution in [0.2, 0.25) is 0 Å². The molecule has 0 N–H and O–H groups in total. The lowest BCUT2D eigenvalue weighted by Gasteiger charge is -2.40. The van der Waals surface area contributed by atoms with E-state index in [9.17, 15) is 4.79 Å². The van der Waals surface area contributed by atoms with E-state index in [0.29, 0.717) is 12.2 Å². The average Bonchev–Trinajstić information content (AvgIpc) is 3.09. The van der Waals surface area contributed by atoms with E-state index in [1.54, 1.807) is 4.68 Å². The molecule has 4 rings (SSSR count). The summed E-state index contributed by atoms with van der Waals surface area (Å²) < 4.78 is 1.74. The van der Waals surface area contributed by atoms with Gasteiger partial charge in [-0.2, -0.15) is 0 Å². The Morgan fingerprint density at radius 3 is 2.57 bits per heavy atom. The molecule has 1 aliphatic heterocycles. The Morgan fingerprint density at radius 2 is 1.82 bits per heavy atom. The molecule has 28 heavy (non-hydrogen) atoms. The third kappa shape index (κ3) is 3.43. The summed E-state index contributed by atoms with van der Waals surface area (Å²) in [6.07, 6.45) is 0. The maximum atomic E-state index is 13.4. The number of piperazine rings is 1. The van der Waals surface area contributed by atoms with E-state index in [0.717, 1.165) is 35.6 Å². The van der Waals surface area contributed by atoms with Gasteiger partial charge in [0.2, 0.25) is 0 Å². The number of amides is 1. The van der Waals surface area contributed by atoms with Crippen molar-refractivity contribution >= 4 is 5.91 Å². The lowest BCUT2D eigenvalue weighted by molar-refractivity contribution is 0.0491. The van der Waals surface area contributed by atoms with Gasteiger partial charge in [-0.1, -0.05) is 47.7 Å². The van der Waals surface area contributed by atoms with Gasteiger partial charge in [-0.15, -0.1) is 5.10 Å². The van der Waals surface area contributed by atoms with Crippen LogP contribution in [0.15, 0.2) is 54.6 Å². The molecule has 0 spiro atoms. The third-order valence-corrected chi connectivity index (χ3v) is 5.37. The van der Waals surface area contributed by atoms with Crippen LogP contribution in [0.3, 0.4) is 0 Å². The lowest BCUT2D eigenvalue weighted by Crippen LogP contribution is -2.49. The zero-order chi connectivity index (χ0) is 19.7. The summed E-state index contributed by atoms with van der Waals surface area (Å²) in [5.41, 5.74) is 4.39. The first-order chi connectivity index (χ1) is 13.5. The van der Waals surface area contributed by atoms with Gasteiger partial charge in [0.1, 0.15) is 0 Å². The Morgan fingerprint density at radius 1 is 1.04 bits per heavy atom. The van der Waals surface area contributed by atoms with Crippen molar-refractivity contribution in [1.82, 2.24) is 24.8 Å². The molecule has 2 heterocycles. The number of aromatic nitrogens is 3. The van der Waals surface area contributed by atoms with Crippen molar-refractivity contribution < 1.29 is 4.79 Å². The molecule has 1 unspecified atom stereocenters. The average molecular weight is 375 g/mol. The van der Waals surface area contributed by atoms with Gasteiger partial charge in [0.05, 0.1) is 17.4 Å². The highest BCUT2D eigenvalue weighted by molar-refractivity contribution is 5.93. The normalized spacial score (nSPS) is 17.7. The fourth-order valence-corrected chi connectivity index (χ4v) is 3.79. The highest BCUT2D eigenvalue weighted by Gasteiger charge is 2.33. The molecule has 2 aromatic carbocycles. The van der Waals surface area contributed by atoms with E-state index in [2.05, 4.69) is 34.4 Å². The second kappa shape index (κ2) is 7.56. The van der Waals surface area contributed by atoms with Crippen LogP contribution in [0.4, 0.5) is 0 Å². The molecule has 3 aromatic rings. The summed E-state index contributed by atoms with van der Waals surface area (Å²) in [5, 5.41) is 8.52. The second-order valence-corrected chi connectivity index (χ2v) is 7.46. The molecule has 0 bridgehead atoms. The zero-order valence-electron chi connectivity index (χ0n) is 16.5. The first-order valence-electron chi connectivity index (χ1n) is 9.58. The summed E-state index contributed by atoms with van der Waals surface area (Å²) in [4.78, 5) is 17.6. The maximum Gasteiger partial charge on any atom is 0.276 e. The van der Waals surface area contributed by atoms with Gasteiger partial charge in [0, 0.05) is 19.6 Å². The molecule has 6 heteroatoms. The van der Waals surface area contributed by atoms with Gasteiger partial charge in [-0.05, 0) is 44.2 Å². The van der Waals surface area contributed by atoms with E-state index in [1.165, 1.54) is 0 Å². The minimum Gasteiger partial charge on any atom is -0.328 e. The predicted molar refractivity (Wildman–Crippen MR) is 109 cm³/mol. The van der Waals surface area contributed by atoms with Crippen LogP contribution in [0.1, 0.15) is 33.4 Å². The Kier molecular flexibility index (Phi) is 4.96. The number of rotatable bonds is 3. The first-order valence-corrected chi connectivity index (χ1v) is 9.58. The van der Waals surface area contributed by atoms with Gasteiger partial charge in [0.15, 0.2) is 5.69 Å². The Balaban J connectivity index is 1.67. The molecule has 1 fully saturated rings. The van der Waals surface area contributed by atoms with Gasteiger partial charge in [-0.25, -0.2) is 4.68 Å². The van der Waals surface area contributed by atoms with Crippen LogP contribution in [0.25, 0.3) is 5.69 Å². The number of likely N-dealkylation sites (N-methyl/N-ethyl adjacent to an activating group) is 1. The topological polar surface area (TPSA) is 54.3 Å². The van der Waals surface area contributed by atoms with Crippen LogP contribution in [-0.4, -0.2) is 57.4 Å². The van der Waals surface area contributed by atoms with E-state index in [4.69, 9.17) is 0 Å². The van der Waals surface area contributed by atoms with Crippen molar-refractivity contribution in [2.75, 3.05) is 26.7 Å². The quantitative estimate of drug-likeness (QED) is 0.706. The summed E-state index contributed by atoms with van der Waals surface area (Å²) in [6.45, 7) is 6.27. The second-order valence-electron chi connectivity index (χ2n) is 7.46. The lowest BCUT2D eigenvalue weighted by atomic mass is 10.0. The van der Waals surface area contributed by atoms with E-state index >= 15 is 0 Å². The SMILES string of the molecule is Cc1cccc(-n2nnc(C(=O)N3CCN(C)CC3c3ccccc3)c2C)c1. The third-order valence-electron chi connectivity index (χ3n) is 5.37. The molecule has 1 aliphatic rings. The molecule has 0 saturated carbocycles. The Hall–Kier alpha value is -2.99. The molecule has 1 atom stereocenters. The number of nitrogens with zero attached hydrogens (tertiary/aromatic N) is 5. The zero-order valence-corrected chi connectivity index (χ0v) is 16.5. The number of hydrogen-bond donors (Lipinski definition) is 0. The van der Waals surface area contributed by atoms with E-state index in [1.807, 2.05) is 61.2 Å². The smallest absolute Gasteiger partial charge is 0.276 e. The number of carbonyl (C=O) groups excluding carboxylic acids is 1. The minimum atomic E-state index is -0.0571. The summed E-state index contributed by atoms with van der Waals surface area (Å²) >= 11 is 0. The fourth-order valence-electron chi connectivity index (χ4n) is 3.79. The number of aryl methyl sites for hydroxylation is 1. The van der Waals surface area contributed by atoms with Gasteiger partial charge < -0.3 is 9.80 Å². The van der Waals surface area contributed by atoms with Crippen LogP contribution in [-0.2, 0) is 0 Å². The van der Waals surface area contributed by atoms with Crippen molar-refractivity contribution in [2.45, 2.75) is 19.9 Å². The van der Waals surface area contributed by atoms with Gasteiger partial charge in [-0.3, -0.25) is 4.79 Å². The van der Waals surface area contributed by atoms with Crippen LogP contribution >= 0.6 is 0 Å². The molecule has 1 saturated heterocycles. The molecule has 0 radical (unpaired) electrons. The molecule has 6 nitrogen and oxygen atoms in total. The Bertz CT molecular complexity index is 982. The Labute approximate surface area is 165 Å². The largest absolute Gasteiger partial charge is 0.328 e.